The van der Waals surface area contributed by atoms with E-state index in [1.165, 1.54) is 16.7 Å². The van der Waals surface area contributed by atoms with Crippen molar-refractivity contribution in [2.24, 2.45) is 0 Å². The first-order valence-electron chi connectivity index (χ1n) is 6.79. The Morgan fingerprint density at radius 3 is 2.33 bits per heavy atom. The van der Waals surface area contributed by atoms with Crippen molar-refractivity contribution in [3.05, 3.63) is 34.9 Å². The second-order valence-corrected chi connectivity index (χ2v) is 5.62. The van der Waals surface area contributed by atoms with Crippen molar-refractivity contribution >= 4 is 0 Å². The van der Waals surface area contributed by atoms with E-state index in [1.807, 2.05) is 0 Å². The lowest BCUT2D eigenvalue weighted by molar-refractivity contribution is 0.116. The van der Waals surface area contributed by atoms with E-state index >= 15 is 0 Å². The summed E-state index contributed by atoms with van der Waals surface area (Å²) in [6.45, 7) is 9.00. The number of nitrogens with one attached hydrogen (secondary N) is 1. The average molecular weight is 248 g/mol. The summed E-state index contributed by atoms with van der Waals surface area (Å²) >= 11 is 0. The first kappa shape index (κ1) is 15.2. The van der Waals surface area contributed by atoms with Crippen LogP contribution in [0.15, 0.2) is 18.2 Å². The topological polar surface area (TPSA) is 15.3 Å². The lowest BCUT2D eigenvalue weighted by Gasteiger charge is -2.43. The summed E-state index contributed by atoms with van der Waals surface area (Å²) in [4.78, 5) is 2.33. The Morgan fingerprint density at radius 1 is 1.28 bits per heavy atom. The second kappa shape index (κ2) is 5.85. The molecule has 0 aliphatic rings. The molecule has 0 spiro atoms. The molecule has 1 aromatic rings. The molecule has 2 nitrogen and oxygen atoms in total. The van der Waals surface area contributed by atoms with Gasteiger partial charge in [0.05, 0.1) is 6.04 Å². The molecule has 0 heterocycles. The van der Waals surface area contributed by atoms with Crippen LogP contribution in [0.25, 0.3) is 0 Å². The molecule has 2 heteroatoms. The fourth-order valence-electron chi connectivity index (χ4n) is 2.67. The average Bonchev–Trinajstić information content (AvgIpc) is 2.34. The number of nitrogens with zero attached hydrogens (tertiary/aromatic N) is 1. The minimum Gasteiger partial charge on any atom is -0.311 e. The molecule has 0 aliphatic carbocycles. The third-order valence-corrected chi connectivity index (χ3v) is 4.61. The highest BCUT2D eigenvalue weighted by atomic mass is 15.2. The molecule has 0 saturated carbocycles. The van der Waals surface area contributed by atoms with Crippen molar-refractivity contribution in [2.75, 3.05) is 21.1 Å². The van der Waals surface area contributed by atoms with Crippen LogP contribution < -0.4 is 5.32 Å². The number of hydrogen-bond acceptors (Lipinski definition) is 2. The maximum atomic E-state index is 3.52. The summed E-state index contributed by atoms with van der Waals surface area (Å²) in [5.74, 6) is 0. The van der Waals surface area contributed by atoms with Gasteiger partial charge in [0.1, 0.15) is 0 Å². The van der Waals surface area contributed by atoms with Gasteiger partial charge in [-0.25, -0.2) is 0 Å². The molecule has 0 radical (unpaired) electrons. The Bertz CT molecular complexity index is 398. The van der Waals surface area contributed by atoms with Crippen LogP contribution >= 0.6 is 0 Å². The van der Waals surface area contributed by atoms with Crippen molar-refractivity contribution in [1.82, 2.24) is 10.2 Å². The third-order valence-electron chi connectivity index (χ3n) is 4.61. The first-order chi connectivity index (χ1) is 8.38. The van der Waals surface area contributed by atoms with Gasteiger partial charge < -0.3 is 10.2 Å². The third kappa shape index (κ3) is 2.60. The van der Waals surface area contributed by atoms with Crippen LogP contribution in [-0.2, 0) is 0 Å². The van der Waals surface area contributed by atoms with Gasteiger partial charge in [-0.05, 0) is 65.0 Å². The summed E-state index contributed by atoms with van der Waals surface area (Å²) in [6.07, 6.45) is 1.11. The molecule has 0 aliphatic heterocycles. The van der Waals surface area contributed by atoms with Gasteiger partial charge in [-0.15, -0.1) is 0 Å². The normalized spacial score (nSPS) is 16.7. The Balaban J connectivity index is 3.29. The molecule has 0 fully saturated rings. The summed E-state index contributed by atoms with van der Waals surface area (Å²) in [6, 6.07) is 6.94. The Kier molecular flexibility index (Phi) is 4.94. The molecule has 1 N–H and O–H groups in total. The van der Waals surface area contributed by atoms with Gasteiger partial charge in [-0.2, -0.15) is 0 Å². The molecule has 1 rings (SSSR count). The summed E-state index contributed by atoms with van der Waals surface area (Å²) in [7, 11) is 6.39. The van der Waals surface area contributed by atoms with Gasteiger partial charge in [0, 0.05) is 5.54 Å². The molecule has 102 valence electrons. The molecule has 1 aromatic carbocycles. The second-order valence-electron chi connectivity index (χ2n) is 5.62. The zero-order chi connectivity index (χ0) is 13.9. The minimum absolute atomic E-state index is 0.118. The maximum absolute atomic E-state index is 3.52. The van der Waals surface area contributed by atoms with Crippen molar-refractivity contribution in [1.29, 1.82) is 0 Å². The maximum Gasteiger partial charge on any atom is 0.0504 e. The minimum atomic E-state index is 0.118. The Hall–Kier alpha value is -0.860. The summed E-state index contributed by atoms with van der Waals surface area (Å²) in [5, 5.41) is 3.52. The van der Waals surface area contributed by atoms with Gasteiger partial charge in [0.15, 0.2) is 0 Å². The van der Waals surface area contributed by atoms with Crippen LogP contribution in [0, 0.1) is 13.8 Å². The molecule has 0 saturated heterocycles. The SMILES string of the molecule is CCC(C)(C(NC)c1cccc(C)c1C)N(C)C. The number of rotatable bonds is 5. The number of aryl methyl sites for hydroxylation is 1. The summed E-state index contributed by atoms with van der Waals surface area (Å²) in [5.41, 5.74) is 4.30. The molecular formula is C16H28N2. The monoisotopic (exact) mass is 248 g/mol. The number of hydrogen-bond donors (Lipinski definition) is 1. The van der Waals surface area contributed by atoms with Crippen LogP contribution in [0.2, 0.25) is 0 Å². The lowest BCUT2D eigenvalue weighted by atomic mass is 9.81. The fourth-order valence-corrected chi connectivity index (χ4v) is 2.67. The number of likely N-dealkylation sites (N-methyl/N-ethyl adjacent to an activating group) is 2. The standard InChI is InChI=1S/C16H28N2/c1-8-16(4,18(6)7)15(17-5)14-11-9-10-12(2)13(14)3/h9-11,15,17H,8H2,1-7H3. The van der Waals surface area contributed by atoms with E-state index < -0.39 is 0 Å². The van der Waals surface area contributed by atoms with Crippen LogP contribution in [0.4, 0.5) is 0 Å². The van der Waals surface area contributed by atoms with Crippen molar-refractivity contribution in [3.8, 4) is 0 Å². The van der Waals surface area contributed by atoms with E-state index in [1.54, 1.807) is 0 Å². The van der Waals surface area contributed by atoms with Crippen LogP contribution in [-0.4, -0.2) is 31.6 Å². The quantitative estimate of drug-likeness (QED) is 0.860. The van der Waals surface area contributed by atoms with Crippen molar-refractivity contribution < 1.29 is 0 Å². The molecule has 0 aromatic heterocycles. The van der Waals surface area contributed by atoms with E-state index in [0.29, 0.717) is 6.04 Å². The molecule has 2 unspecified atom stereocenters. The van der Waals surface area contributed by atoms with Gasteiger partial charge in [-0.1, -0.05) is 25.1 Å². The smallest absolute Gasteiger partial charge is 0.0504 e. The summed E-state index contributed by atoms with van der Waals surface area (Å²) < 4.78 is 0. The predicted octanol–water partition coefficient (Wildman–Crippen LogP) is 3.29. The Morgan fingerprint density at radius 2 is 1.89 bits per heavy atom. The van der Waals surface area contributed by atoms with Crippen molar-refractivity contribution in [2.45, 2.75) is 45.7 Å². The highest BCUT2D eigenvalue weighted by Gasteiger charge is 2.35. The lowest BCUT2D eigenvalue weighted by Crippen LogP contribution is -2.50. The Labute approximate surface area is 112 Å². The predicted molar refractivity (Wildman–Crippen MR) is 80.1 cm³/mol. The van der Waals surface area contributed by atoms with Gasteiger partial charge in [-0.3, -0.25) is 0 Å². The largest absolute Gasteiger partial charge is 0.311 e. The first-order valence-corrected chi connectivity index (χ1v) is 6.79. The van der Waals surface area contributed by atoms with E-state index in [2.05, 4.69) is 77.3 Å². The van der Waals surface area contributed by atoms with Crippen LogP contribution in [0.5, 0.6) is 0 Å². The fraction of sp³-hybridized carbons (Fsp3) is 0.625. The van der Waals surface area contributed by atoms with Crippen LogP contribution in [0.1, 0.15) is 43.0 Å². The zero-order valence-electron chi connectivity index (χ0n) is 13.0. The van der Waals surface area contributed by atoms with Crippen LogP contribution in [0.3, 0.4) is 0 Å². The number of benzene rings is 1. The van der Waals surface area contributed by atoms with Crippen molar-refractivity contribution in [3.63, 3.8) is 0 Å². The highest BCUT2D eigenvalue weighted by molar-refractivity contribution is 5.37. The van der Waals surface area contributed by atoms with E-state index in [4.69, 9.17) is 0 Å². The van der Waals surface area contributed by atoms with E-state index in [0.717, 1.165) is 6.42 Å². The highest BCUT2D eigenvalue weighted by Crippen LogP contribution is 2.34. The van der Waals surface area contributed by atoms with E-state index in [9.17, 15) is 0 Å². The molecule has 18 heavy (non-hydrogen) atoms. The molecular weight excluding hydrogens is 220 g/mol. The van der Waals surface area contributed by atoms with Gasteiger partial charge >= 0.3 is 0 Å². The molecule has 2 atom stereocenters. The van der Waals surface area contributed by atoms with E-state index in [-0.39, 0.29) is 5.54 Å². The zero-order valence-corrected chi connectivity index (χ0v) is 13.0. The molecule has 0 bridgehead atoms. The van der Waals surface area contributed by atoms with Gasteiger partial charge in [0.25, 0.3) is 0 Å². The van der Waals surface area contributed by atoms with Gasteiger partial charge in [0.2, 0.25) is 0 Å². The molecule has 0 amide bonds.